The summed E-state index contributed by atoms with van der Waals surface area (Å²) in [5.41, 5.74) is 0.620. The largest absolute Gasteiger partial charge is 0.467 e. The van der Waals surface area contributed by atoms with E-state index in [0.29, 0.717) is 18.6 Å². The highest BCUT2D eigenvalue weighted by Gasteiger charge is 2.35. The summed E-state index contributed by atoms with van der Waals surface area (Å²) in [4.78, 5) is 31.2. The van der Waals surface area contributed by atoms with Crippen molar-refractivity contribution in [2.24, 2.45) is 10.9 Å². The van der Waals surface area contributed by atoms with E-state index in [-0.39, 0.29) is 30.2 Å². The summed E-state index contributed by atoms with van der Waals surface area (Å²) in [6, 6.07) is 9.18. The van der Waals surface area contributed by atoms with Crippen LogP contribution >= 0.6 is 0 Å². The predicted octanol–water partition coefficient (Wildman–Crippen LogP) is 2.08. The van der Waals surface area contributed by atoms with Gasteiger partial charge in [-0.3, -0.25) is 19.1 Å². The normalized spacial score (nSPS) is 18.6. The quantitative estimate of drug-likeness (QED) is 0.863. The maximum Gasteiger partial charge on any atom is 0.237 e. The van der Waals surface area contributed by atoms with Crippen molar-refractivity contribution in [1.29, 1.82) is 0 Å². The Balaban J connectivity index is 1.78. The van der Waals surface area contributed by atoms with Crippen LogP contribution in [0.5, 0.6) is 0 Å². The van der Waals surface area contributed by atoms with Gasteiger partial charge in [-0.1, -0.05) is 6.07 Å². The molecule has 1 atom stereocenters. The van der Waals surface area contributed by atoms with Crippen LogP contribution in [0, 0.1) is 5.92 Å². The molecule has 0 radical (unpaired) electrons. The molecule has 0 spiro atoms. The van der Waals surface area contributed by atoms with E-state index in [2.05, 4.69) is 4.99 Å². The molecular formula is C18H21N3O3. The molecule has 1 fully saturated rings. The first kappa shape index (κ1) is 16.2. The minimum absolute atomic E-state index is 0.0244. The van der Waals surface area contributed by atoms with E-state index in [9.17, 15) is 9.59 Å². The molecule has 0 aliphatic carbocycles. The van der Waals surface area contributed by atoms with Gasteiger partial charge >= 0.3 is 0 Å². The molecule has 1 amide bonds. The highest BCUT2D eigenvalue weighted by atomic mass is 16.3. The Hall–Kier alpha value is -2.63. The van der Waals surface area contributed by atoms with Crippen molar-refractivity contribution in [3.63, 3.8) is 0 Å². The second-order valence-electron chi connectivity index (χ2n) is 6.24. The van der Waals surface area contributed by atoms with E-state index >= 15 is 0 Å². The summed E-state index contributed by atoms with van der Waals surface area (Å²) in [5, 5.41) is 0. The first-order valence-electron chi connectivity index (χ1n) is 8.10. The summed E-state index contributed by atoms with van der Waals surface area (Å²) >= 11 is 0. The van der Waals surface area contributed by atoms with Gasteiger partial charge in [0, 0.05) is 25.2 Å². The van der Waals surface area contributed by atoms with Gasteiger partial charge < -0.3 is 9.32 Å². The van der Waals surface area contributed by atoms with E-state index in [1.807, 2.05) is 32.0 Å². The number of amides is 1. The van der Waals surface area contributed by atoms with Crippen molar-refractivity contribution in [1.82, 2.24) is 9.47 Å². The number of hydrogen-bond acceptors (Lipinski definition) is 4. The number of furan rings is 1. The number of pyridine rings is 1. The van der Waals surface area contributed by atoms with Gasteiger partial charge in [0.05, 0.1) is 18.7 Å². The molecule has 1 aliphatic heterocycles. The van der Waals surface area contributed by atoms with E-state index in [1.165, 1.54) is 0 Å². The lowest BCUT2D eigenvalue weighted by atomic mass is 10.1. The van der Waals surface area contributed by atoms with Crippen molar-refractivity contribution in [2.75, 3.05) is 6.54 Å². The van der Waals surface area contributed by atoms with Gasteiger partial charge in [0.2, 0.25) is 11.8 Å². The van der Waals surface area contributed by atoms with Crippen LogP contribution in [0.3, 0.4) is 0 Å². The second kappa shape index (κ2) is 6.86. The maximum atomic E-state index is 12.8. The van der Waals surface area contributed by atoms with Gasteiger partial charge in [-0.25, -0.2) is 0 Å². The second-order valence-corrected chi connectivity index (χ2v) is 6.24. The zero-order valence-electron chi connectivity index (χ0n) is 13.9. The highest BCUT2D eigenvalue weighted by Crippen LogP contribution is 2.21. The van der Waals surface area contributed by atoms with Gasteiger partial charge in [-0.05, 0) is 38.1 Å². The summed E-state index contributed by atoms with van der Waals surface area (Å²) in [7, 11) is 0. The fraction of sp³-hybridized carbons (Fsp3) is 0.389. The number of likely N-dealkylation sites (tertiary alicyclic amines) is 1. The fourth-order valence-electron chi connectivity index (χ4n) is 2.87. The van der Waals surface area contributed by atoms with Gasteiger partial charge in [-0.2, -0.15) is 0 Å². The van der Waals surface area contributed by atoms with E-state index in [4.69, 9.17) is 4.42 Å². The molecule has 2 aromatic rings. The molecule has 6 heteroatoms. The van der Waals surface area contributed by atoms with Crippen LogP contribution in [-0.2, 0) is 11.3 Å². The Bertz CT molecular complexity index is 790. The van der Waals surface area contributed by atoms with Crippen molar-refractivity contribution in [3.8, 4) is 0 Å². The third-order valence-electron chi connectivity index (χ3n) is 3.96. The molecule has 1 aliphatic rings. The summed E-state index contributed by atoms with van der Waals surface area (Å²) < 4.78 is 6.84. The molecule has 1 saturated heterocycles. The van der Waals surface area contributed by atoms with Crippen molar-refractivity contribution in [2.45, 2.75) is 32.9 Å². The molecule has 3 heterocycles. The van der Waals surface area contributed by atoms with Crippen LogP contribution in [0.4, 0.5) is 0 Å². The number of carbonyl (C=O) groups excluding carboxylic acids is 2. The van der Waals surface area contributed by atoms with Gasteiger partial charge in [0.1, 0.15) is 11.2 Å². The lowest BCUT2D eigenvalue weighted by molar-refractivity contribution is -0.128. The van der Waals surface area contributed by atoms with Crippen molar-refractivity contribution in [3.05, 3.63) is 54.0 Å². The standard InChI is InChI=1S/C18H21N3O3/c1-13(2)19-16-7-3-4-8-21(16)18(23)14-10-17(22)20(11-14)12-15-6-5-9-24-15/h3-9,13-14H,10-12H2,1-2H3/t14-/m1/s1. The predicted molar refractivity (Wildman–Crippen MR) is 88.0 cm³/mol. The highest BCUT2D eigenvalue weighted by molar-refractivity contribution is 5.90. The Labute approximate surface area is 140 Å². The molecule has 0 unspecified atom stereocenters. The van der Waals surface area contributed by atoms with Crippen LogP contribution in [0.2, 0.25) is 0 Å². The Morgan fingerprint density at radius 3 is 2.88 bits per heavy atom. The van der Waals surface area contributed by atoms with Gasteiger partial charge in [0.15, 0.2) is 0 Å². The molecule has 126 valence electrons. The Kier molecular flexibility index (Phi) is 4.64. The lowest BCUT2D eigenvalue weighted by Crippen LogP contribution is -2.33. The smallest absolute Gasteiger partial charge is 0.237 e. The lowest BCUT2D eigenvalue weighted by Gasteiger charge is -2.15. The molecule has 24 heavy (non-hydrogen) atoms. The van der Waals surface area contributed by atoms with Crippen molar-refractivity contribution >= 4 is 11.8 Å². The number of rotatable bonds is 4. The number of nitrogens with zero attached hydrogens (tertiary/aromatic N) is 3. The number of aromatic nitrogens is 1. The first-order valence-corrected chi connectivity index (χ1v) is 8.10. The van der Waals surface area contributed by atoms with Crippen molar-refractivity contribution < 1.29 is 14.0 Å². The van der Waals surface area contributed by atoms with Gasteiger partial charge in [-0.15, -0.1) is 0 Å². The molecule has 0 bridgehead atoms. The number of carbonyl (C=O) groups is 2. The van der Waals surface area contributed by atoms with Crippen LogP contribution in [-0.4, -0.2) is 33.9 Å². The maximum absolute atomic E-state index is 12.8. The minimum Gasteiger partial charge on any atom is -0.467 e. The van der Waals surface area contributed by atoms with Crippen LogP contribution in [0.1, 0.15) is 30.8 Å². The minimum atomic E-state index is -0.360. The summed E-state index contributed by atoms with van der Waals surface area (Å²) in [6.45, 7) is 4.73. The van der Waals surface area contributed by atoms with Crippen LogP contribution in [0.15, 0.2) is 52.2 Å². The third-order valence-corrected chi connectivity index (χ3v) is 3.96. The fourth-order valence-corrected chi connectivity index (χ4v) is 2.87. The van der Waals surface area contributed by atoms with E-state index in [1.54, 1.807) is 34.1 Å². The average Bonchev–Trinajstić information content (AvgIpc) is 3.18. The zero-order chi connectivity index (χ0) is 17.1. The third kappa shape index (κ3) is 3.48. The summed E-state index contributed by atoms with van der Waals surface area (Å²) in [5.74, 6) is 0.245. The zero-order valence-corrected chi connectivity index (χ0v) is 13.9. The molecular weight excluding hydrogens is 306 g/mol. The average molecular weight is 327 g/mol. The number of hydrogen-bond donors (Lipinski definition) is 0. The van der Waals surface area contributed by atoms with Gasteiger partial charge in [0.25, 0.3) is 0 Å². The SMILES string of the molecule is CC(C)N=c1ccccn1C(=O)[C@@H]1CC(=O)N(Cc2ccco2)C1. The first-order chi connectivity index (χ1) is 11.5. The molecule has 6 nitrogen and oxygen atoms in total. The molecule has 0 aromatic carbocycles. The summed E-state index contributed by atoms with van der Waals surface area (Å²) in [6.07, 6.45) is 3.52. The molecule has 0 saturated carbocycles. The Morgan fingerprint density at radius 2 is 2.17 bits per heavy atom. The van der Waals surface area contributed by atoms with E-state index < -0.39 is 0 Å². The monoisotopic (exact) mass is 327 g/mol. The topological polar surface area (TPSA) is 67.8 Å². The molecule has 2 aromatic heterocycles. The van der Waals surface area contributed by atoms with E-state index in [0.717, 1.165) is 5.76 Å². The Morgan fingerprint density at radius 1 is 1.33 bits per heavy atom. The van der Waals surface area contributed by atoms with Crippen LogP contribution in [0.25, 0.3) is 0 Å². The molecule has 0 N–H and O–H groups in total. The van der Waals surface area contributed by atoms with Crippen LogP contribution < -0.4 is 5.49 Å². The molecule has 3 rings (SSSR count).